The van der Waals surface area contributed by atoms with Gasteiger partial charge in [-0.2, -0.15) is 0 Å². The smallest absolute Gasteiger partial charge is 0.249 e. The fourth-order valence-corrected chi connectivity index (χ4v) is 2.21. The number of hydrogen-bond acceptors (Lipinski definition) is 3. The molecule has 0 fully saturated rings. The number of nitrogens with two attached hydrogens (primary N) is 1. The third-order valence-electron chi connectivity index (χ3n) is 3.19. The summed E-state index contributed by atoms with van der Waals surface area (Å²) in [5.41, 5.74) is 9.36. The van der Waals surface area contributed by atoms with E-state index in [1.54, 1.807) is 18.5 Å². The van der Waals surface area contributed by atoms with E-state index in [4.69, 9.17) is 5.73 Å². The molecule has 2 N–H and O–H groups in total. The van der Waals surface area contributed by atoms with E-state index in [9.17, 15) is 4.79 Å². The lowest BCUT2D eigenvalue weighted by Gasteiger charge is -2.08. The molecule has 3 aromatic rings. The number of rotatable bonds is 2. The molecule has 4 nitrogen and oxygen atoms in total. The number of pyridine rings is 2. The molecule has 98 valence electrons. The van der Waals surface area contributed by atoms with E-state index in [1.807, 2.05) is 37.3 Å². The Morgan fingerprint density at radius 2 is 2.05 bits per heavy atom. The Bertz CT molecular complexity index is 797. The fourth-order valence-electron chi connectivity index (χ4n) is 2.21. The Balaban J connectivity index is 2.32. The summed E-state index contributed by atoms with van der Waals surface area (Å²) < 4.78 is 0. The molecule has 2 aromatic heterocycles. The van der Waals surface area contributed by atoms with Gasteiger partial charge < -0.3 is 5.73 Å². The van der Waals surface area contributed by atoms with Gasteiger partial charge in [-0.05, 0) is 37.3 Å². The molecule has 20 heavy (non-hydrogen) atoms. The molecule has 0 aliphatic rings. The molecule has 1 amide bonds. The van der Waals surface area contributed by atoms with Gasteiger partial charge in [0.05, 0.1) is 16.8 Å². The van der Waals surface area contributed by atoms with E-state index < -0.39 is 5.91 Å². The van der Waals surface area contributed by atoms with Gasteiger partial charge in [0.15, 0.2) is 0 Å². The van der Waals surface area contributed by atoms with Crippen molar-refractivity contribution in [1.82, 2.24) is 9.97 Å². The average molecular weight is 263 g/mol. The van der Waals surface area contributed by atoms with Crippen LogP contribution in [-0.2, 0) is 0 Å². The number of hydrogen-bond donors (Lipinski definition) is 1. The van der Waals surface area contributed by atoms with Gasteiger partial charge in [-0.25, -0.2) is 4.98 Å². The molecule has 4 heteroatoms. The Morgan fingerprint density at radius 1 is 1.20 bits per heavy atom. The molecule has 0 atom stereocenters. The molecule has 0 unspecified atom stereocenters. The minimum absolute atomic E-state index is 0.451. The van der Waals surface area contributed by atoms with Crippen molar-refractivity contribution >= 4 is 16.8 Å². The Hall–Kier alpha value is -2.75. The molecule has 1 aromatic carbocycles. The zero-order chi connectivity index (χ0) is 14.1. The maximum absolute atomic E-state index is 11.7. The quantitative estimate of drug-likeness (QED) is 0.772. The lowest BCUT2D eigenvalue weighted by Crippen LogP contribution is -2.12. The third kappa shape index (κ3) is 2.12. The lowest BCUT2D eigenvalue weighted by atomic mass is 10.0. The van der Waals surface area contributed by atoms with Crippen molar-refractivity contribution < 1.29 is 4.79 Å². The maximum atomic E-state index is 11.7. The molecule has 0 saturated heterocycles. The third-order valence-corrected chi connectivity index (χ3v) is 3.19. The van der Waals surface area contributed by atoms with Crippen LogP contribution in [0.4, 0.5) is 0 Å². The molecule has 0 aliphatic carbocycles. The van der Waals surface area contributed by atoms with Gasteiger partial charge in [-0.3, -0.25) is 9.78 Å². The molecular weight excluding hydrogens is 250 g/mol. The van der Waals surface area contributed by atoms with E-state index in [2.05, 4.69) is 9.97 Å². The van der Waals surface area contributed by atoms with Gasteiger partial charge in [0.1, 0.15) is 0 Å². The van der Waals surface area contributed by atoms with E-state index in [0.29, 0.717) is 11.3 Å². The second-order valence-corrected chi connectivity index (χ2v) is 4.68. The van der Waals surface area contributed by atoms with Gasteiger partial charge in [-0.15, -0.1) is 0 Å². The molecular formula is C16H13N3O. The summed E-state index contributed by atoms with van der Waals surface area (Å²) in [7, 11) is 0. The summed E-state index contributed by atoms with van der Waals surface area (Å²) in [6.45, 7) is 1.97. The van der Waals surface area contributed by atoms with Gasteiger partial charge in [-0.1, -0.05) is 11.6 Å². The maximum Gasteiger partial charge on any atom is 0.249 e. The van der Waals surface area contributed by atoms with Gasteiger partial charge in [0.25, 0.3) is 0 Å². The van der Waals surface area contributed by atoms with Crippen LogP contribution in [0.3, 0.4) is 0 Å². The van der Waals surface area contributed by atoms with Crippen molar-refractivity contribution in [3.05, 3.63) is 59.9 Å². The van der Waals surface area contributed by atoms with Crippen LogP contribution in [0.15, 0.2) is 48.8 Å². The number of benzene rings is 1. The predicted molar refractivity (Wildman–Crippen MR) is 78.2 cm³/mol. The predicted octanol–water partition coefficient (Wildman–Crippen LogP) is 2.70. The SMILES string of the molecule is Cc1ccc2nc(-c3cccnc3)cc(C(N)=O)c2c1. The highest BCUT2D eigenvalue weighted by molar-refractivity contribution is 6.06. The Labute approximate surface area is 116 Å². The fraction of sp³-hybridized carbons (Fsp3) is 0.0625. The number of aryl methyl sites for hydroxylation is 1. The van der Waals surface area contributed by atoms with Crippen LogP contribution in [0.5, 0.6) is 0 Å². The van der Waals surface area contributed by atoms with E-state index in [-0.39, 0.29) is 0 Å². The number of aromatic nitrogens is 2. The summed E-state index contributed by atoms with van der Waals surface area (Å²) in [6.07, 6.45) is 3.41. The molecule has 3 rings (SSSR count). The molecule has 0 spiro atoms. The molecule has 0 saturated carbocycles. The van der Waals surface area contributed by atoms with E-state index in [0.717, 1.165) is 22.0 Å². The van der Waals surface area contributed by atoms with Crippen LogP contribution < -0.4 is 5.73 Å². The van der Waals surface area contributed by atoms with Gasteiger partial charge in [0, 0.05) is 23.3 Å². The first kappa shape index (κ1) is 12.3. The Kier molecular flexibility index (Phi) is 2.91. The van der Waals surface area contributed by atoms with Crippen LogP contribution in [0.2, 0.25) is 0 Å². The van der Waals surface area contributed by atoms with Crippen molar-refractivity contribution in [1.29, 1.82) is 0 Å². The van der Waals surface area contributed by atoms with Crippen LogP contribution in [-0.4, -0.2) is 15.9 Å². The van der Waals surface area contributed by atoms with Crippen LogP contribution >= 0.6 is 0 Å². The van der Waals surface area contributed by atoms with Crippen LogP contribution in [0.25, 0.3) is 22.2 Å². The lowest BCUT2D eigenvalue weighted by molar-refractivity contribution is 0.100. The van der Waals surface area contributed by atoms with Gasteiger partial charge in [0.2, 0.25) is 5.91 Å². The first-order chi connectivity index (χ1) is 9.65. The molecule has 0 radical (unpaired) electrons. The number of primary amides is 1. The minimum atomic E-state index is -0.451. The van der Waals surface area contributed by atoms with Crippen molar-refractivity contribution in [2.75, 3.05) is 0 Å². The van der Waals surface area contributed by atoms with Crippen LogP contribution in [0, 0.1) is 6.92 Å². The molecule has 0 bridgehead atoms. The first-order valence-corrected chi connectivity index (χ1v) is 6.27. The highest BCUT2D eigenvalue weighted by Gasteiger charge is 2.11. The number of carbonyl (C=O) groups excluding carboxylic acids is 1. The second-order valence-electron chi connectivity index (χ2n) is 4.68. The summed E-state index contributed by atoms with van der Waals surface area (Å²) in [5.74, 6) is -0.451. The zero-order valence-electron chi connectivity index (χ0n) is 11.0. The summed E-state index contributed by atoms with van der Waals surface area (Å²) in [6, 6.07) is 11.3. The van der Waals surface area contributed by atoms with Crippen molar-refractivity contribution in [2.45, 2.75) is 6.92 Å². The molecule has 2 heterocycles. The monoisotopic (exact) mass is 263 g/mol. The van der Waals surface area contributed by atoms with Crippen molar-refractivity contribution in [3.8, 4) is 11.3 Å². The number of nitrogens with zero attached hydrogens (tertiary/aromatic N) is 2. The normalized spacial score (nSPS) is 10.7. The largest absolute Gasteiger partial charge is 0.366 e. The number of carbonyl (C=O) groups is 1. The number of fused-ring (bicyclic) bond motifs is 1. The minimum Gasteiger partial charge on any atom is -0.366 e. The summed E-state index contributed by atoms with van der Waals surface area (Å²) >= 11 is 0. The second kappa shape index (κ2) is 4.74. The zero-order valence-corrected chi connectivity index (χ0v) is 11.0. The summed E-state index contributed by atoms with van der Waals surface area (Å²) in [5, 5.41) is 0.783. The Morgan fingerprint density at radius 3 is 2.75 bits per heavy atom. The van der Waals surface area contributed by atoms with Gasteiger partial charge >= 0.3 is 0 Å². The molecule has 0 aliphatic heterocycles. The van der Waals surface area contributed by atoms with E-state index >= 15 is 0 Å². The highest BCUT2D eigenvalue weighted by Crippen LogP contribution is 2.24. The van der Waals surface area contributed by atoms with Crippen molar-refractivity contribution in [3.63, 3.8) is 0 Å². The average Bonchev–Trinajstić information content (AvgIpc) is 2.47. The van der Waals surface area contributed by atoms with Crippen LogP contribution in [0.1, 0.15) is 15.9 Å². The number of amides is 1. The highest BCUT2D eigenvalue weighted by atomic mass is 16.1. The first-order valence-electron chi connectivity index (χ1n) is 6.27. The summed E-state index contributed by atoms with van der Waals surface area (Å²) in [4.78, 5) is 20.3. The van der Waals surface area contributed by atoms with E-state index in [1.165, 1.54) is 0 Å². The standard InChI is InChI=1S/C16H13N3O/c1-10-4-5-14-12(7-10)13(16(17)20)8-15(19-14)11-3-2-6-18-9-11/h2-9H,1H3,(H2,17,20). The van der Waals surface area contributed by atoms with Crippen molar-refractivity contribution in [2.24, 2.45) is 5.73 Å². The topological polar surface area (TPSA) is 68.9 Å².